The molecular weight excluding hydrogens is 384 g/mol. The quantitative estimate of drug-likeness (QED) is 0.661. The van der Waals surface area contributed by atoms with Crippen molar-refractivity contribution in [2.75, 3.05) is 13.7 Å². The average molecular weight is 401 g/mol. The molecule has 5 nitrogen and oxygen atoms in total. The second-order valence-corrected chi connectivity index (χ2v) is 7.44. The van der Waals surface area contributed by atoms with Crippen molar-refractivity contribution in [3.8, 4) is 11.5 Å². The largest absolute Gasteiger partial charge is 0.493 e. The van der Waals surface area contributed by atoms with Gasteiger partial charge in [0.15, 0.2) is 16.3 Å². The summed E-state index contributed by atoms with van der Waals surface area (Å²) in [6, 6.07) is 13.1. The van der Waals surface area contributed by atoms with Gasteiger partial charge < -0.3 is 9.47 Å². The molecule has 1 aliphatic heterocycles. The Morgan fingerprint density at radius 3 is 2.89 bits per heavy atom. The standard InChI is InChI=1S/C20H17ClN2O3S/c1-25-17-10-13(11-18-19(24)23-9-8-22-20(23)27-18)6-7-16(17)26-12-14-4-2-3-5-15(14)21/h2-7,10-11H,8-9,12H2,1H3. The molecule has 0 amide bonds. The molecule has 7 heteroatoms. The van der Waals surface area contributed by atoms with E-state index in [9.17, 15) is 4.79 Å². The first-order valence-electron chi connectivity index (χ1n) is 8.46. The fourth-order valence-electron chi connectivity index (χ4n) is 2.88. The Kier molecular flexibility index (Phi) is 5.01. The van der Waals surface area contributed by atoms with Crippen molar-refractivity contribution < 1.29 is 9.47 Å². The third-order valence-electron chi connectivity index (χ3n) is 4.29. The Morgan fingerprint density at radius 1 is 1.26 bits per heavy atom. The Labute approximate surface area is 164 Å². The van der Waals surface area contributed by atoms with Crippen LogP contribution < -0.4 is 24.4 Å². The van der Waals surface area contributed by atoms with E-state index in [4.69, 9.17) is 21.1 Å². The lowest BCUT2D eigenvalue weighted by Crippen LogP contribution is -2.29. The van der Waals surface area contributed by atoms with Gasteiger partial charge in [0.25, 0.3) is 5.56 Å². The number of fused-ring (bicyclic) bond motifs is 1. The van der Waals surface area contributed by atoms with Crippen molar-refractivity contribution in [3.05, 3.63) is 78.3 Å². The number of halogens is 1. The van der Waals surface area contributed by atoms with Gasteiger partial charge in [0.05, 0.1) is 18.2 Å². The number of benzene rings is 2. The number of rotatable bonds is 5. The van der Waals surface area contributed by atoms with E-state index in [1.54, 1.807) is 11.7 Å². The van der Waals surface area contributed by atoms with Gasteiger partial charge in [-0.2, -0.15) is 0 Å². The molecule has 0 spiro atoms. The van der Waals surface area contributed by atoms with Crippen LogP contribution in [-0.2, 0) is 13.2 Å². The Bertz CT molecular complexity index is 1170. The molecule has 0 radical (unpaired) electrons. The van der Waals surface area contributed by atoms with Crippen LogP contribution in [0.1, 0.15) is 11.1 Å². The maximum atomic E-state index is 12.4. The van der Waals surface area contributed by atoms with Gasteiger partial charge in [0.2, 0.25) is 0 Å². The highest BCUT2D eigenvalue weighted by Gasteiger charge is 2.11. The van der Waals surface area contributed by atoms with Crippen molar-refractivity contribution in [2.24, 2.45) is 4.99 Å². The first kappa shape index (κ1) is 17.8. The molecule has 0 unspecified atom stereocenters. The molecule has 0 N–H and O–H groups in total. The van der Waals surface area contributed by atoms with Crippen molar-refractivity contribution in [1.82, 2.24) is 4.57 Å². The molecule has 0 atom stereocenters. The molecule has 0 aliphatic carbocycles. The number of hydrogen-bond donors (Lipinski definition) is 0. The lowest BCUT2D eigenvalue weighted by molar-refractivity contribution is 0.284. The zero-order valence-corrected chi connectivity index (χ0v) is 16.2. The third-order valence-corrected chi connectivity index (χ3v) is 5.70. The van der Waals surface area contributed by atoms with Gasteiger partial charge in [-0.25, -0.2) is 0 Å². The number of nitrogens with zero attached hydrogens (tertiary/aromatic N) is 2. The van der Waals surface area contributed by atoms with Gasteiger partial charge in [0.1, 0.15) is 6.61 Å². The molecule has 138 valence electrons. The van der Waals surface area contributed by atoms with E-state index in [2.05, 4.69) is 4.99 Å². The van der Waals surface area contributed by atoms with Crippen LogP contribution in [0.2, 0.25) is 5.02 Å². The summed E-state index contributed by atoms with van der Waals surface area (Å²) in [6.07, 6.45) is 1.86. The molecule has 0 saturated heterocycles. The highest BCUT2D eigenvalue weighted by atomic mass is 35.5. The van der Waals surface area contributed by atoms with Crippen molar-refractivity contribution >= 4 is 29.0 Å². The molecule has 4 rings (SSSR count). The van der Waals surface area contributed by atoms with Crippen LogP contribution in [0.5, 0.6) is 11.5 Å². The second kappa shape index (κ2) is 7.58. The third kappa shape index (κ3) is 3.63. The van der Waals surface area contributed by atoms with E-state index in [0.717, 1.165) is 15.9 Å². The van der Waals surface area contributed by atoms with E-state index >= 15 is 0 Å². The summed E-state index contributed by atoms with van der Waals surface area (Å²) in [6.45, 7) is 1.70. The monoisotopic (exact) mass is 400 g/mol. The maximum Gasteiger partial charge on any atom is 0.270 e. The van der Waals surface area contributed by atoms with Crippen molar-refractivity contribution in [1.29, 1.82) is 0 Å². The molecular formula is C20H17ClN2O3S. The first-order valence-corrected chi connectivity index (χ1v) is 9.65. The first-order chi connectivity index (χ1) is 13.2. The second-order valence-electron chi connectivity index (χ2n) is 6.02. The zero-order valence-electron chi connectivity index (χ0n) is 14.6. The van der Waals surface area contributed by atoms with Crippen LogP contribution in [0, 0.1) is 0 Å². The number of aromatic nitrogens is 1. The predicted octanol–water partition coefficient (Wildman–Crippen LogP) is 2.61. The minimum Gasteiger partial charge on any atom is -0.493 e. The van der Waals surface area contributed by atoms with E-state index in [1.165, 1.54) is 11.3 Å². The summed E-state index contributed by atoms with van der Waals surface area (Å²) >= 11 is 7.58. The van der Waals surface area contributed by atoms with Crippen LogP contribution in [0.15, 0.2) is 52.3 Å². The Hall–Kier alpha value is -2.57. The molecule has 0 bridgehead atoms. The molecule has 2 heterocycles. The van der Waals surface area contributed by atoms with Crippen molar-refractivity contribution in [3.63, 3.8) is 0 Å². The van der Waals surface area contributed by atoms with Crippen LogP contribution in [0.4, 0.5) is 0 Å². The molecule has 1 aliphatic rings. The van der Waals surface area contributed by atoms with Gasteiger partial charge in [-0.15, -0.1) is 0 Å². The van der Waals surface area contributed by atoms with Crippen LogP contribution in [-0.4, -0.2) is 18.2 Å². The summed E-state index contributed by atoms with van der Waals surface area (Å²) < 4.78 is 13.7. The molecule has 1 aromatic heterocycles. The summed E-state index contributed by atoms with van der Waals surface area (Å²) in [7, 11) is 1.59. The lowest BCUT2D eigenvalue weighted by atomic mass is 10.2. The van der Waals surface area contributed by atoms with Crippen molar-refractivity contribution in [2.45, 2.75) is 13.2 Å². The number of methoxy groups -OCH3 is 1. The highest BCUT2D eigenvalue weighted by Crippen LogP contribution is 2.29. The van der Waals surface area contributed by atoms with E-state index in [0.29, 0.717) is 40.8 Å². The zero-order chi connectivity index (χ0) is 18.8. The summed E-state index contributed by atoms with van der Waals surface area (Å²) in [4.78, 5) is 17.5. The molecule has 0 saturated carbocycles. The topological polar surface area (TPSA) is 52.8 Å². The molecule has 3 aromatic rings. The van der Waals surface area contributed by atoms with E-state index < -0.39 is 0 Å². The van der Waals surface area contributed by atoms with E-state index in [1.807, 2.05) is 48.5 Å². The number of hydrogen-bond acceptors (Lipinski definition) is 5. The van der Waals surface area contributed by atoms with E-state index in [-0.39, 0.29) is 5.56 Å². The smallest absolute Gasteiger partial charge is 0.270 e. The Morgan fingerprint density at radius 2 is 2.11 bits per heavy atom. The maximum absolute atomic E-state index is 12.4. The van der Waals surface area contributed by atoms with Crippen LogP contribution in [0.25, 0.3) is 6.08 Å². The Balaban J connectivity index is 1.61. The number of ether oxygens (including phenoxy) is 2. The SMILES string of the molecule is COc1cc(C=c2sc3n(c2=O)CCN=3)ccc1OCc1ccccc1Cl. The molecule has 2 aromatic carbocycles. The number of thiazole rings is 1. The summed E-state index contributed by atoms with van der Waals surface area (Å²) in [5.41, 5.74) is 1.78. The van der Waals surface area contributed by atoms with Gasteiger partial charge in [-0.05, 0) is 29.8 Å². The normalized spacial score (nSPS) is 13.3. The molecule has 0 fully saturated rings. The fourth-order valence-corrected chi connectivity index (χ4v) is 4.10. The average Bonchev–Trinajstić information content (AvgIpc) is 3.25. The summed E-state index contributed by atoms with van der Waals surface area (Å²) in [5.74, 6) is 1.22. The van der Waals surface area contributed by atoms with Crippen LogP contribution in [0.3, 0.4) is 0 Å². The summed E-state index contributed by atoms with van der Waals surface area (Å²) in [5, 5.41) is 0.665. The predicted molar refractivity (Wildman–Crippen MR) is 107 cm³/mol. The fraction of sp³-hybridized carbons (Fsp3) is 0.200. The van der Waals surface area contributed by atoms with Gasteiger partial charge >= 0.3 is 0 Å². The highest BCUT2D eigenvalue weighted by molar-refractivity contribution is 7.07. The van der Waals surface area contributed by atoms with Crippen LogP contribution >= 0.6 is 22.9 Å². The van der Waals surface area contributed by atoms with Gasteiger partial charge in [0, 0.05) is 17.1 Å². The molecule has 27 heavy (non-hydrogen) atoms. The van der Waals surface area contributed by atoms with Gasteiger partial charge in [-0.3, -0.25) is 14.4 Å². The van der Waals surface area contributed by atoms with Gasteiger partial charge in [-0.1, -0.05) is 47.2 Å². The minimum absolute atomic E-state index is 0.00858. The lowest BCUT2D eigenvalue weighted by Gasteiger charge is -2.12. The minimum atomic E-state index is 0.00858.